The van der Waals surface area contributed by atoms with E-state index in [-0.39, 0.29) is 6.04 Å². The van der Waals surface area contributed by atoms with Crippen LogP contribution < -0.4 is 5.32 Å². The molecule has 1 aromatic rings. The van der Waals surface area contributed by atoms with E-state index in [1.807, 2.05) is 6.07 Å². The van der Waals surface area contributed by atoms with Gasteiger partial charge in [0.05, 0.1) is 16.1 Å². The van der Waals surface area contributed by atoms with Gasteiger partial charge < -0.3 is 10.4 Å². The lowest BCUT2D eigenvalue weighted by Gasteiger charge is -2.23. The SMILES string of the molecule is OC(c1ccc(Cl)c(Cl)c1)C1CCCCCN1. The molecule has 2 atom stereocenters. The van der Waals surface area contributed by atoms with Crippen molar-refractivity contribution in [2.24, 2.45) is 0 Å². The van der Waals surface area contributed by atoms with Gasteiger partial charge in [0.2, 0.25) is 0 Å². The van der Waals surface area contributed by atoms with Gasteiger partial charge in [0.15, 0.2) is 0 Å². The predicted octanol–water partition coefficient (Wildman–Crippen LogP) is 3.56. The second-order valence-corrected chi connectivity index (χ2v) is 5.34. The summed E-state index contributed by atoms with van der Waals surface area (Å²) < 4.78 is 0. The molecule has 2 unspecified atom stereocenters. The molecule has 0 amide bonds. The Morgan fingerprint density at radius 2 is 2.00 bits per heavy atom. The summed E-state index contributed by atoms with van der Waals surface area (Å²) in [6.45, 7) is 0.975. The van der Waals surface area contributed by atoms with Crippen LogP contribution in [-0.2, 0) is 0 Å². The fourth-order valence-corrected chi connectivity index (χ4v) is 2.56. The maximum atomic E-state index is 10.3. The van der Waals surface area contributed by atoms with E-state index in [2.05, 4.69) is 5.32 Å². The van der Waals surface area contributed by atoms with Crippen LogP contribution in [0.5, 0.6) is 0 Å². The van der Waals surface area contributed by atoms with Crippen molar-refractivity contribution < 1.29 is 5.11 Å². The summed E-state index contributed by atoms with van der Waals surface area (Å²) in [7, 11) is 0. The van der Waals surface area contributed by atoms with Crippen molar-refractivity contribution in [2.45, 2.75) is 37.8 Å². The zero-order chi connectivity index (χ0) is 12.3. The van der Waals surface area contributed by atoms with Crippen molar-refractivity contribution in [3.05, 3.63) is 33.8 Å². The number of benzene rings is 1. The maximum absolute atomic E-state index is 10.3. The van der Waals surface area contributed by atoms with Crippen LogP contribution in [0.25, 0.3) is 0 Å². The molecule has 1 fully saturated rings. The van der Waals surface area contributed by atoms with Gasteiger partial charge in [-0.15, -0.1) is 0 Å². The molecule has 1 aliphatic heterocycles. The number of halogens is 2. The first-order valence-electron chi connectivity index (χ1n) is 6.05. The van der Waals surface area contributed by atoms with E-state index in [9.17, 15) is 5.11 Å². The third-order valence-corrected chi connectivity index (χ3v) is 4.00. The molecular formula is C13H17Cl2NO. The Morgan fingerprint density at radius 3 is 2.76 bits per heavy atom. The highest BCUT2D eigenvalue weighted by atomic mass is 35.5. The van der Waals surface area contributed by atoms with E-state index in [4.69, 9.17) is 23.2 Å². The first-order valence-corrected chi connectivity index (χ1v) is 6.80. The predicted molar refractivity (Wildman–Crippen MR) is 71.7 cm³/mol. The number of nitrogens with one attached hydrogen (secondary N) is 1. The second kappa shape index (κ2) is 6.05. The van der Waals surface area contributed by atoms with Gasteiger partial charge in [-0.05, 0) is 37.1 Å². The van der Waals surface area contributed by atoms with Crippen LogP contribution in [0.3, 0.4) is 0 Å². The van der Waals surface area contributed by atoms with Crippen molar-refractivity contribution in [2.75, 3.05) is 6.54 Å². The molecular weight excluding hydrogens is 257 g/mol. The van der Waals surface area contributed by atoms with Crippen molar-refractivity contribution in [3.63, 3.8) is 0 Å². The summed E-state index contributed by atoms with van der Waals surface area (Å²) in [5.41, 5.74) is 0.832. The number of hydrogen-bond donors (Lipinski definition) is 2. The zero-order valence-electron chi connectivity index (χ0n) is 9.63. The number of aliphatic hydroxyl groups is 1. The van der Waals surface area contributed by atoms with Crippen LogP contribution in [0.1, 0.15) is 37.4 Å². The molecule has 2 rings (SSSR count). The number of aliphatic hydroxyl groups excluding tert-OH is 1. The van der Waals surface area contributed by atoms with E-state index in [0.29, 0.717) is 10.0 Å². The van der Waals surface area contributed by atoms with Crippen molar-refractivity contribution in [3.8, 4) is 0 Å². The van der Waals surface area contributed by atoms with E-state index < -0.39 is 6.10 Å². The van der Waals surface area contributed by atoms with E-state index in [1.165, 1.54) is 12.8 Å². The topological polar surface area (TPSA) is 32.3 Å². The first-order chi connectivity index (χ1) is 8.18. The highest BCUT2D eigenvalue weighted by molar-refractivity contribution is 6.42. The van der Waals surface area contributed by atoms with E-state index in [0.717, 1.165) is 24.9 Å². The van der Waals surface area contributed by atoms with E-state index in [1.54, 1.807) is 12.1 Å². The minimum Gasteiger partial charge on any atom is -0.387 e. The van der Waals surface area contributed by atoms with Crippen LogP contribution in [-0.4, -0.2) is 17.7 Å². The number of hydrogen-bond acceptors (Lipinski definition) is 2. The summed E-state index contributed by atoms with van der Waals surface area (Å²) in [5.74, 6) is 0. The largest absolute Gasteiger partial charge is 0.387 e. The van der Waals surface area contributed by atoms with Crippen LogP contribution in [0, 0.1) is 0 Å². The second-order valence-electron chi connectivity index (χ2n) is 4.53. The molecule has 17 heavy (non-hydrogen) atoms. The Morgan fingerprint density at radius 1 is 1.18 bits per heavy atom. The third-order valence-electron chi connectivity index (χ3n) is 3.26. The van der Waals surface area contributed by atoms with Crippen molar-refractivity contribution in [1.82, 2.24) is 5.32 Å². The fourth-order valence-electron chi connectivity index (χ4n) is 2.25. The molecule has 1 aromatic carbocycles. The highest BCUT2D eigenvalue weighted by Gasteiger charge is 2.22. The summed E-state index contributed by atoms with van der Waals surface area (Å²) >= 11 is 11.8. The van der Waals surface area contributed by atoms with Gasteiger partial charge in [-0.1, -0.05) is 42.1 Å². The molecule has 4 heteroatoms. The monoisotopic (exact) mass is 273 g/mol. The molecule has 1 saturated heterocycles. The molecule has 2 nitrogen and oxygen atoms in total. The molecule has 0 aliphatic carbocycles. The Hall–Kier alpha value is -0.280. The summed E-state index contributed by atoms with van der Waals surface area (Å²) in [6, 6.07) is 5.45. The average molecular weight is 274 g/mol. The molecule has 0 saturated carbocycles. The van der Waals surface area contributed by atoms with Gasteiger partial charge in [0.1, 0.15) is 0 Å². The normalized spacial score (nSPS) is 23.1. The quantitative estimate of drug-likeness (QED) is 0.864. The summed E-state index contributed by atoms with van der Waals surface area (Å²) in [4.78, 5) is 0. The molecule has 0 radical (unpaired) electrons. The van der Waals surface area contributed by atoms with Gasteiger partial charge in [0.25, 0.3) is 0 Å². The van der Waals surface area contributed by atoms with Gasteiger partial charge in [0, 0.05) is 6.04 Å². The van der Waals surface area contributed by atoms with Gasteiger partial charge in [-0.25, -0.2) is 0 Å². The van der Waals surface area contributed by atoms with E-state index >= 15 is 0 Å². The minimum absolute atomic E-state index is 0.120. The molecule has 1 heterocycles. The Balaban J connectivity index is 2.11. The standard InChI is InChI=1S/C13H17Cl2NO/c14-10-6-5-9(8-11(10)15)13(17)12-4-2-1-3-7-16-12/h5-6,8,12-13,16-17H,1-4,7H2. The molecule has 1 aliphatic rings. The summed E-state index contributed by atoms with van der Waals surface area (Å²) in [5, 5.41) is 14.7. The van der Waals surface area contributed by atoms with Crippen LogP contribution in [0.2, 0.25) is 10.0 Å². The summed E-state index contributed by atoms with van der Waals surface area (Å²) in [6.07, 6.45) is 4.07. The molecule has 0 spiro atoms. The lowest BCUT2D eigenvalue weighted by molar-refractivity contribution is 0.126. The minimum atomic E-state index is -0.511. The first kappa shape index (κ1) is 13.2. The fraction of sp³-hybridized carbons (Fsp3) is 0.538. The molecule has 0 aromatic heterocycles. The van der Waals surface area contributed by atoms with Crippen LogP contribution in [0.15, 0.2) is 18.2 Å². The smallest absolute Gasteiger partial charge is 0.0943 e. The Kier molecular flexibility index (Phi) is 4.69. The Labute approximate surface area is 112 Å². The molecule has 0 bridgehead atoms. The zero-order valence-corrected chi connectivity index (χ0v) is 11.1. The van der Waals surface area contributed by atoms with Gasteiger partial charge in [-0.2, -0.15) is 0 Å². The lowest BCUT2D eigenvalue weighted by atomic mass is 9.98. The number of rotatable bonds is 2. The van der Waals surface area contributed by atoms with Crippen LogP contribution >= 0.6 is 23.2 Å². The molecule has 94 valence electrons. The van der Waals surface area contributed by atoms with Crippen LogP contribution in [0.4, 0.5) is 0 Å². The average Bonchev–Trinajstić information content (AvgIpc) is 2.60. The highest BCUT2D eigenvalue weighted by Crippen LogP contribution is 2.28. The Bertz CT molecular complexity index is 376. The van der Waals surface area contributed by atoms with Crippen molar-refractivity contribution in [1.29, 1.82) is 0 Å². The lowest BCUT2D eigenvalue weighted by Crippen LogP contribution is -2.34. The van der Waals surface area contributed by atoms with Crippen molar-refractivity contribution >= 4 is 23.2 Å². The molecule has 2 N–H and O–H groups in total. The maximum Gasteiger partial charge on any atom is 0.0943 e. The van der Waals surface area contributed by atoms with Gasteiger partial charge >= 0.3 is 0 Å². The third kappa shape index (κ3) is 3.35. The van der Waals surface area contributed by atoms with Gasteiger partial charge in [-0.3, -0.25) is 0 Å².